The average Bonchev–Trinajstić information content (AvgIpc) is 2.61. The van der Waals surface area contributed by atoms with Gasteiger partial charge in [0.1, 0.15) is 6.61 Å². The first kappa shape index (κ1) is 17.0. The number of nitrogens with one attached hydrogen (secondary N) is 2. The lowest BCUT2D eigenvalue weighted by molar-refractivity contribution is -0.129. The van der Waals surface area contributed by atoms with Crippen LogP contribution in [0, 0.1) is 0 Å². The first-order valence-electron chi connectivity index (χ1n) is 8.92. The van der Waals surface area contributed by atoms with Gasteiger partial charge in [-0.3, -0.25) is 9.59 Å². The van der Waals surface area contributed by atoms with Crippen molar-refractivity contribution in [2.45, 2.75) is 57.1 Å². The second-order valence-corrected chi connectivity index (χ2v) is 6.67. The van der Waals surface area contributed by atoms with E-state index < -0.39 is 0 Å². The Labute approximate surface area is 141 Å². The molecule has 0 spiro atoms. The van der Waals surface area contributed by atoms with Gasteiger partial charge in [0.2, 0.25) is 5.91 Å². The molecule has 2 aliphatic rings. The van der Waals surface area contributed by atoms with E-state index in [1.165, 1.54) is 25.5 Å². The molecule has 2 N–H and O–H groups in total. The minimum Gasteiger partial charge on any atom is -0.368 e. The third-order valence-electron chi connectivity index (χ3n) is 4.78. The number of aromatic nitrogens is 2. The molecule has 1 amide bonds. The number of anilines is 1. The van der Waals surface area contributed by atoms with E-state index in [0.29, 0.717) is 12.4 Å². The fraction of sp³-hybridized carbons (Fsp3) is 0.706. The Morgan fingerprint density at radius 3 is 2.92 bits per heavy atom. The van der Waals surface area contributed by atoms with E-state index >= 15 is 0 Å². The van der Waals surface area contributed by atoms with Crippen LogP contribution in [0.4, 0.5) is 5.82 Å². The highest BCUT2D eigenvalue weighted by atomic mass is 16.5. The zero-order valence-electron chi connectivity index (χ0n) is 14.0. The summed E-state index contributed by atoms with van der Waals surface area (Å²) >= 11 is 0. The highest BCUT2D eigenvalue weighted by Crippen LogP contribution is 2.20. The van der Waals surface area contributed by atoms with Gasteiger partial charge in [0.25, 0.3) is 5.56 Å². The summed E-state index contributed by atoms with van der Waals surface area (Å²) in [7, 11) is 0. The van der Waals surface area contributed by atoms with Crippen molar-refractivity contribution in [2.75, 3.05) is 24.6 Å². The normalized spacial score (nSPS) is 22.3. The second-order valence-electron chi connectivity index (χ2n) is 6.67. The van der Waals surface area contributed by atoms with Crippen molar-refractivity contribution in [3.63, 3.8) is 0 Å². The fourth-order valence-electron chi connectivity index (χ4n) is 3.55. The summed E-state index contributed by atoms with van der Waals surface area (Å²) in [6, 6.07) is 0.0302. The Kier molecular flexibility index (Phi) is 5.85. The van der Waals surface area contributed by atoms with Crippen LogP contribution in [0.25, 0.3) is 0 Å². The van der Waals surface area contributed by atoms with Gasteiger partial charge in [-0.1, -0.05) is 19.3 Å². The largest absolute Gasteiger partial charge is 0.368 e. The summed E-state index contributed by atoms with van der Waals surface area (Å²) in [6.07, 6.45) is 11.0. The van der Waals surface area contributed by atoms with Crippen molar-refractivity contribution >= 4 is 11.7 Å². The van der Waals surface area contributed by atoms with E-state index in [4.69, 9.17) is 4.74 Å². The molecule has 3 rings (SSSR count). The number of rotatable bonds is 5. The van der Waals surface area contributed by atoms with Crippen LogP contribution in [0.15, 0.2) is 17.2 Å². The van der Waals surface area contributed by atoms with Crippen LogP contribution >= 0.6 is 0 Å². The molecule has 0 radical (unpaired) electrons. The van der Waals surface area contributed by atoms with E-state index in [1.54, 1.807) is 6.20 Å². The molecule has 0 bridgehead atoms. The van der Waals surface area contributed by atoms with E-state index in [9.17, 15) is 9.59 Å². The van der Waals surface area contributed by atoms with Crippen LogP contribution in [0.3, 0.4) is 0 Å². The molecule has 1 aliphatic heterocycles. The molecule has 1 aromatic rings. The lowest BCUT2D eigenvalue weighted by atomic mass is 9.98. The van der Waals surface area contributed by atoms with Gasteiger partial charge in [-0.25, -0.2) is 4.98 Å². The third-order valence-corrected chi connectivity index (χ3v) is 4.78. The van der Waals surface area contributed by atoms with E-state index in [1.807, 2.05) is 4.90 Å². The molecule has 1 saturated heterocycles. The van der Waals surface area contributed by atoms with Crippen molar-refractivity contribution in [3.05, 3.63) is 22.7 Å². The number of hydrogen-bond donors (Lipinski definition) is 2. The Hall–Kier alpha value is -1.89. The minimum absolute atomic E-state index is 0.0302. The maximum atomic E-state index is 12.1. The topological polar surface area (TPSA) is 87.3 Å². The summed E-state index contributed by atoms with van der Waals surface area (Å²) < 4.78 is 5.72. The second kappa shape index (κ2) is 8.28. The van der Waals surface area contributed by atoms with Crippen molar-refractivity contribution in [2.24, 2.45) is 0 Å². The van der Waals surface area contributed by atoms with Crippen LogP contribution in [0.1, 0.15) is 44.9 Å². The number of hydrogen-bond acceptors (Lipinski definition) is 5. The van der Waals surface area contributed by atoms with E-state index in [-0.39, 0.29) is 30.2 Å². The molecule has 0 unspecified atom stereocenters. The number of piperidine rings is 1. The highest BCUT2D eigenvalue weighted by Gasteiger charge is 2.24. The SMILES string of the molecule is O=C(COC1CCCCC1)N[C@@H]1CCCN(c2ncc[nH]c2=O)C1. The molecule has 2 heterocycles. The van der Waals surface area contributed by atoms with Crippen molar-refractivity contribution in [3.8, 4) is 0 Å². The summed E-state index contributed by atoms with van der Waals surface area (Å²) in [6.45, 7) is 1.52. The van der Waals surface area contributed by atoms with Gasteiger partial charge < -0.3 is 19.9 Å². The molecular formula is C17H26N4O3. The first-order chi connectivity index (χ1) is 11.7. The van der Waals surface area contributed by atoms with E-state index in [2.05, 4.69) is 15.3 Å². The number of amides is 1. The maximum absolute atomic E-state index is 12.1. The summed E-state index contributed by atoms with van der Waals surface area (Å²) in [5.41, 5.74) is -0.190. The molecular weight excluding hydrogens is 308 g/mol. The zero-order chi connectivity index (χ0) is 16.8. The molecule has 1 saturated carbocycles. The summed E-state index contributed by atoms with van der Waals surface area (Å²) in [4.78, 5) is 32.7. The maximum Gasteiger partial charge on any atom is 0.290 e. The molecule has 24 heavy (non-hydrogen) atoms. The van der Waals surface area contributed by atoms with Crippen LogP contribution in [0.2, 0.25) is 0 Å². The molecule has 0 aromatic carbocycles. The highest BCUT2D eigenvalue weighted by molar-refractivity contribution is 5.77. The number of ether oxygens (including phenoxy) is 1. The Morgan fingerprint density at radius 2 is 2.12 bits per heavy atom. The zero-order valence-corrected chi connectivity index (χ0v) is 14.0. The van der Waals surface area contributed by atoms with Gasteiger partial charge >= 0.3 is 0 Å². The van der Waals surface area contributed by atoms with Gasteiger partial charge in [-0.2, -0.15) is 0 Å². The molecule has 7 nitrogen and oxygen atoms in total. The Balaban J connectivity index is 1.47. The number of nitrogens with zero attached hydrogens (tertiary/aromatic N) is 2. The van der Waals surface area contributed by atoms with Gasteiger partial charge in [-0.15, -0.1) is 0 Å². The Bertz CT molecular complexity index is 597. The van der Waals surface area contributed by atoms with Gasteiger partial charge in [-0.05, 0) is 25.7 Å². The van der Waals surface area contributed by atoms with E-state index in [0.717, 1.165) is 32.2 Å². The lowest BCUT2D eigenvalue weighted by Gasteiger charge is -2.33. The first-order valence-corrected chi connectivity index (χ1v) is 8.92. The monoisotopic (exact) mass is 334 g/mol. The molecule has 1 aromatic heterocycles. The lowest BCUT2D eigenvalue weighted by Crippen LogP contribution is -2.50. The van der Waals surface area contributed by atoms with Crippen LogP contribution in [-0.4, -0.2) is 47.7 Å². The van der Waals surface area contributed by atoms with Gasteiger partial charge in [0, 0.05) is 31.5 Å². The Morgan fingerprint density at radius 1 is 1.29 bits per heavy atom. The number of H-pyrrole nitrogens is 1. The van der Waals surface area contributed by atoms with Crippen LogP contribution in [0.5, 0.6) is 0 Å². The predicted octanol–water partition coefficient (Wildman–Crippen LogP) is 1.20. The van der Waals surface area contributed by atoms with Gasteiger partial charge in [0.05, 0.1) is 6.10 Å². The van der Waals surface area contributed by atoms with Gasteiger partial charge in [0.15, 0.2) is 5.82 Å². The van der Waals surface area contributed by atoms with Crippen LogP contribution < -0.4 is 15.8 Å². The standard InChI is InChI=1S/C17H26N4O3/c22-15(12-24-14-6-2-1-3-7-14)20-13-5-4-10-21(11-13)16-17(23)19-9-8-18-16/h8-9,13-14H,1-7,10-12H2,(H,19,23)(H,20,22)/t13-/m1/s1. The van der Waals surface area contributed by atoms with Crippen molar-refractivity contribution in [1.82, 2.24) is 15.3 Å². The molecule has 1 aliphatic carbocycles. The van der Waals surface area contributed by atoms with Crippen molar-refractivity contribution < 1.29 is 9.53 Å². The minimum atomic E-state index is -0.190. The number of aromatic amines is 1. The molecule has 2 fully saturated rings. The smallest absolute Gasteiger partial charge is 0.290 e. The average molecular weight is 334 g/mol. The predicted molar refractivity (Wildman–Crippen MR) is 91.1 cm³/mol. The van der Waals surface area contributed by atoms with Crippen molar-refractivity contribution in [1.29, 1.82) is 0 Å². The number of carbonyl (C=O) groups excluding carboxylic acids is 1. The molecule has 132 valence electrons. The number of carbonyl (C=O) groups is 1. The third kappa shape index (κ3) is 4.56. The summed E-state index contributed by atoms with van der Waals surface area (Å²) in [5.74, 6) is 0.359. The molecule has 1 atom stereocenters. The summed E-state index contributed by atoms with van der Waals surface area (Å²) in [5, 5.41) is 3.03. The fourth-order valence-corrected chi connectivity index (χ4v) is 3.55. The molecule has 7 heteroatoms. The quantitative estimate of drug-likeness (QED) is 0.845. The van der Waals surface area contributed by atoms with Crippen LogP contribution in [-0.2, 0) is 9.53 Å².